The first-order valence-corrected chi connectivity index (χ1v) is 10.2. The van der Waals surface area contributed by atoms with Crippen LogP contribution in [0.25, 0.3) is 22.3 Å². The van der Waals surface area contributed by atoms with E-state index in [0.29, 0.717) is 40.0 Å². The van der Waals surface area contributed by atoms with Gasteiger partial charge in [0.1, 0.15) is 0 Å². The topological polar surface area (TPSA) is 139 Å². The minimum absolute atomic E-state index is 0. The Labute approximate surface area is 212 Å². The van der Waals surface area contributed by atoms with E-state index in [2.05, 4.69) is 4.98 Å². The molecule has 168 valence electrons. The maximum Gasteiger partial charge on any atom is 1.00 e. The Bertz CT molecular complexity index is 1320. The van der Waals surface area contributed by atoms with E-state index in [1.807, 2.05) is 25.1 Å². The molecule has 0 aliphatic carbocycles. The van der Waals surface area contributed by atoms with Gasteiger partial charge in [0.15, 0.2) is 5.60 Å². The number of aliphatic hydroxyl groups excluding tert-OH is 1. The average molecular weight is 461 g/mol. The predicted molar refractivity (Wildman–Crippen MR) is 115 cm³/mol. The summed E-state index contributed by atoms with van der Waals surface area (Å²) in [6.45, 7) is 1.39. The summed E-state index contributed by atoms with van der Waals surface area (Å²) in [6, 6.07) is 6.35. The normalized spacial score (nSPS) is 14.0. The molecule has 0 bridgehead atoms. The van der Waals surface area contributed by atoms with Crippen LogP contribution in [0.3, 0.4) is 0 Å². The summed E-state index contributed by atoms with van der Waals surface area (Å²) < 4.78 is 1.41. The van der Waals surface area contributed by atoms with Gasteiger partial charge in [0.05, 0.1) is 30.1 Å². The Hall–Kier alpha value is -2.27. The SMILES string of the molecule is CC[C@@](O)(C(=O)O)c1cc2n(c(=O)c1CO)Cc1cc3c(CN(C)C)c([O-])ccc3nc1-2.[Na+]. The number of hydrogen-bond acceptors (Lipinski definition) is 7. The fourth-order valence-corrected chi connectivity index (χ4v) is 4.34. The maximum atomic E-state index is 13.1. The average Bonchev–Trinajstić information content (AvgIpc) is 3.11. The largest absolute Gasteiger partial charge is 1.00 e. The zero-order valence-corrected chi connectivity index (χ0v) is 21.0. The monoisotopic (exact) mass is 461 g/mol. The van der Waals surface area contributed by atoms with Crippen molar-refractivity contribution in [2.24, 2.45) is 0 Å². The third-order valence-corrected chi connectivity index (χ3v) is 6.06. The van der Waals surface area contributed by atoms with Crippen molar-refractivity contribution < 1.29 is 54.8 Å². The second kappa shape index (κ2) is 9.17. The Balaban J connectivity index is 0.00000306. The predicted octanol–water partition coefficient (Wildman–Crippen LogP) is -2.26. The van der Waals surface area contributed by atoms with Gasteiger partial charge in [-0.25, -0.2) is 9.78 Å². The van der Waals surface area contributed by atoms with Gasteiger partial charge in [-0.2, -0.15) is 0 Å². The molecule has 0 amide bonds. The Morgan fingerprint density at radius 3 is 2.55 bits per heavy atom. The van der Waals surface area contributed by atoms with Crippen LogP contribution in [0.1, 0.15) is 35.6 Å². The van der Waals surface area contributed by atoms with Gasteiger partial charge in [0, 0.05) is 28.6 Å². The molecule has 9 nitrogen and oxygen atoms in total. The van der Waals surface area contributed by atoms with Gasteiger partial charge in [-0.15, -0.1) is 5.75 Å². The van der Waals surface area contributed by atoms with E-state index in [4.69, 9.17) is 0 Å². The zero-order chi connectivity index (χ0) is 23.4. The molecular formula is C23H24N3NaO6. The van der Waals surface area contributed by atoms with Crippen molar-refractivity contribution in [1.29, 1.82) is 0 Å². The van der Waals surface area contributed by atoms with Crippen molar-refractivity contribution in [2.75, 3.05) is 14.1 Å². The van der Waals surface area contributed by atoms with Gasteiger partial charge < -0.3 is 29.9 Å². The molecule has 2 aromatic heterocycles. The van der Waals surface area contributed by atoms with E-state index in [-0.39, 0.29) is 59.4 Å². The van der Waals surface area contributed by atoms with Crippen LogP contribution in [0.15, 0.2) is 29.1 Å². The molecule has 3 N–H and O–H groups in total. The Morgan fingerprint density at radius 1 is 1.27 bits per heavy atom. The van der Waals surface area contributed by atoms with E-state index in [1.165, 1.54) is 23.6 Å². The molecule has 0 saturated heterocycles. The summed E-state index contributed by atoms with van der Waals surface area (Å²) >= 11 is 0. The van der Waals surface area contributed by atoms with Gasteiger partial charge in [-0.1, -0.05) is 13.0 Å². The quantitative estimate of drug-likeness (QED) is 0.274. The number of nitrogens with zero attached hydrogens (tertiary/aromatic N) is 3. The molecule has 0 saturated carbocycles. The van der Waals surface area contributed by atoms with E-state index in [1.54, 1.807) is 6.07 Å². The molecule has 0 spiro atoms. The number of aromatic nitrogens is 2. The third-order valence-electron chi connectivity index (χ3n) is 6.06. The van der Waals surface area contributed by atoms with Crippen molar-refractivity contribution in [3.63, 3.8) is 0 Å². The molecule has 4 rings (SSSR count). The molecular weight excluding hydrogens is 437 g/mol. The molecule has 3 aromatic rings. The standard InChI is InChI=1S/C23H25N3O6.Na/c1-4-23(32,22(30)31)16-8-18-20-12(9-26(18)21(29)15(16)11-27)7-13-14(10-25(2)3)19(28)6-5-17(13)24-20;/h5-8,27-28,32H,4,9-11H2,1-3H3,(H,30,31);/q;+1/p-1/t23-;/m0./s1. The molecule has 1 aliphatic rings. The number of pyridine rings is 2. The molecule has 0 radical (unpaired) electrons. The zero-order valence-electron chi connectivity index (χ0n) is 19.0. The summed E-state index contributed by atoms with van der Waals surface area (Å²) in [6.07, 6.45) is -0.184. The van der Waals surface area contributed by atoms with Crippen LogP contribution < -0.4 is 40.2 Å². The van der Waals surface area contributed by atoms with Crippen LogP contribution in [-0.4, -0.2) is 49.8 Å². The van der Waals surface area contributed by atoms with E-state index >= 15 is 0 Å². The first-order chi connectivity index (χ1) is 15.1. The summed E-state index contributed by atoms with van der Waals surface area (Å²) in [5, 5.41) is 43.4. The molecule has 33 heavy (non-hydrogen) atoms. The van der Waals surface area contributed by atoms with Crippen molar-refractivity contribution in [3.8, 4) is 17.1 Å². The van der Waals surface area contributed by atoms with Gasteiger partial charge in [-0.05, 0) is 44.3 Å². The summed E-state index contributed by atoms with van der Waals surface area (Å²) in [5.41, 5.74) is -0.442. The fraction of sp³-hybridized carbons (Fsp3) is 0.348. The first kappa shape index (κ1) is 25.4. The number of aliphatic carboxylic acids is 1. The molecule has 3 heterocycles. The first-order valence-electron chi connectivity index (χ1n) is 10.2. The van der Waals surface area contributed by atoms with Crippen molar-refractivity contribution in [2.45, 2.75) is 38.6 Å². The molecule has 1 atom stereocenters. The van der Waals surface area contributed by atoms with Crippen LogP contribution in [0.4, 0.5) is 0 Å². The summed E-state index contributed by atoms with van der Waals surface area (Å²) in [4.78, 5) is 31.5. The number of carbonyl (C=O) groups is 1. The second-order valence-corrected chi connectivity index (χ2v) is 8.33. The van der Waals surface area contributed by atoms with Crippen LogP contribution in [0.5, 0.6) is 5.75 Å². The molecule has 1 aromatic carbocycles. The number of carboxylic acids is 1. The number of carboxylic acid groups (broad SMARTS) is 1. The Morgan fingerprint density at radius 2 is 1.97 bits per heavy atom. The molecule has 0 unspecified atom stereocenters. The van der Waals surface area contributed by atoms with Gasteiger partial charge in [-0.3, -0.25) is 4.79 Å². The number of hydrogen-bond donors (Lipinski definition) is 3. The number of aliphatic hydroxyl groups is 2. The molecule has 10 heteroatoms. The van der Waals surface area contributed by atoms with Crippen molar-refractivity contribution in [1.82, 2.24) is 14.5 Å². The minimum Gasteiger partial charge on any atom is -0.872 e. The van der Waals surface area contributed by atoms with E-state index in [9.17, 15) is 30.0 Å². The fourth-order valence-electron chi connectivity index (χ4n) is 4.34. The van der Waals surface area contributed by atoms with Gasteiger partial charge >= 0.3 is 35.5 Å². The molecule has 1 aliphatic heterocycles. The van der Waals surface area contributed by atoms with Crippen molar-refractivity contribution in [3.05, 3.63) is 56.9 Å². The molecule has 0 fully saturated rings. The number of fused-ring (bicyclic) bond motifs is 4. The third kappa shape index (κ3) is 3.99. The van der Waals surface area contributed by atoms with Gasteiger partial charge in [0.2, 0.25) is 0 Å². The smallest absolute Gasteiger partial charge is 0.872 e. The minimum atomic E-state index is -2.32. The van der Waals surface area contributed by atoms with E-state index < -0.39 is 23.7 Å². The maximum absolute atomic E-state index is 13.1. The van der Waals surface area contributed by atoms with Crippen LogP contribution in [-0.2, 0) is 30.1 Å². The van der Waals surface area contributed by atoms with Crippen LogP contribution in [0.2, 0.25) is 0 Å². The summed E-state index contributed by atoms with van der Waals surface area (Å²) in [5.74, 6) is -1.60. The van der Waals surface area contributed by atoms with E-state index in [0.717, 1.165) is 0 Å². The number of benzene rings is 1. The Kier molecular flexibility index (Phi) is 7.05. The van der Waals surface area contributed by atoms with Crippen LogP contribution >= 0.6 is 0 Å². The van der Waals surface area contributed by atoms with Gasteiger partial charge in [0.25, 0.3) is 5.56 Å². The summed E-state index contributed by atoms with van der Waals surface area (Å²) in [7, 11) is 3.73. The second-order valence-electron chi connectivity index (χ2n) is 8.33. The van der Waals surface area contributed by atoms with Crippen LogP contribution in [0, 0.1) is 0 Å². The van der Waals surface area contributed by atoms with Crippen molar-refractivity contribution >= 4 is 16.9 Å². The number of rotatable bonds is 6.